The smallest absolute Gasteiger partial charge is 0.407 e. The minimum Gasteiger partial charge on any atom is -0.476 e. The number of nitrogens with two attached hydrogens (primary N) is 1. The van der Waals surface area contributed by atoms with Crippen molar-refractivity contribution in [3.05, 3.63) is 18.2 Å². The molecule has 0 spiro atoms. The number of hydrogen-bond donors (Lipinski definition) is 3. The Morgan fingerprint density at radius 2 is 2.16 bits per heavy atom. The fraction of sp³-hybridized carbons (Fsp3) is 0.500. The summed E-state index contributed by atoms with van der Waals surface area (Å²) < 4.78 is 10.4. The lowest BCUT2D eigenvalue weighted by Gasteiger charge is -2.19. The summed E-state index contributed by atoms with van der Waals surface area (Å²) in [4.78, 5) is 15.4. The summed E-state index contributed by atoms with van der Waals surface area (Å²) in [5.74, 6) is 6.17. The molecule has 0 saturated heterocycles. The van der Waals surface area contributed by atoms with Crippen molar-refractivity contribution in [2.45, 2.75) is 26.4 Å². The zero-order valence-corrected chi connectivity index (χ0v) is 11.4. The predicted molar refractivity (Wildman–Crippen MR) is 71.8 cm³/mol. The Morgan fingerprint density at radius 1 is 1.42 bits per heavy atom. The van der Waals surface area contributed by atoms with Gasteiger partial charge in [0.1, 0.15) is 18.0 Å². The molecular weight excluding hydrogens is 248 g/mol. The number of aromatic nitrogens is 1. The minimum absolute atomic E-state index is 0.292. The van der Waals surface area contributed by atoms with Gasteiger partial charge in [-0.15, -0.1) is 0 Å². The van der Waals surface area contributed by atoms with E-state index in [-0.39, 0.29) is 0 Å². The van der Waals surface area contributed by atoms with Gasteiger partial charge in [0, 0.05) is 6.07 Å². The Balaban J connectivity index is 2.25. The SMILES string of the molecule is CC(C)(C)OC(=O)NCCOc1cccc(NN)n1. The highest BCUT2D eigenvalue weighted by Gasteiger charge is 2.15. The number of nitrogens with one attached hydrogen (secondary N) is 2. The van der Waals surface area contributed by atoms with E-state index in [2.05, 4.69) is 15.7 Å². The van der Waals surface area contributed by atoms with Crippen LogP contribution in [-0.2, 0) is 4.74 Å². The second-order valence-corrected chi connectivity index (χ2v) is 4.78. The van der Waals surface area contributed by atoms with Gasteiger partial charge < -0.3 is 20.2 Å². The molecule has 0 atom stereocenters. The molecule has 0 saturated carbocycles. The van der Waals surface area contributed by atoms with Crippen LogP contribution in [0.5, 0.6) is 5.88 Å². The van der Waals surface area contributed by atoms with E-state index >= 15 is 0 Å². The highest BCUT2D eigenvalue weighted by Crippen LogP contribution is 2.10. The third-order valence-corrected chi connectivity index (χ3v) is 1.89. The highest BCUT2D eigenvalue weighted by atomic mass is 16.6. The summed E-state index contributed by atoms with van der Waals surface area (Å²) in [5.41, 5.74) is 1.91. The molecule has 7 nitrogen and oxygen atoms in total. The topological polar surface area (TPSA) is 98.5 Å². The van der Waals surface area contributed by atoms with Gasteiger partial charge in [-0.05, 0) is 26.8 Å². The van der Waals surface area contributed by atoms with Gasteiger partial charge in [0.05, 0.1) is 6.54 Å². The Kier molecular flexibility index (Phi) is 5.37. The maximum absolute atomic E-state index is 11.3. The number of rotatable bonds is 5. The molecule has 0 fully saturated rings. The van der Waals surface area contributed by atoms with E-state index < -0.39 is 11.7 Å². The normalized spacial score (nSPS) is 10.7. The van der Waals surface area contributed by atoms with Crippen molar-refractivity contribution in [3.63, 3.8) is 0 Å². The molecule has 0 unspecified atom stereocenters. The first kappa shape index (κ1) is 15.0. The Bertz CT molecular complexity index is 418. The number of amides is 1. The summed E-state index contributed by atoms with van der Waals surface area (Å²) in [7, 11) is 0. The van der Waals surface area contributed by atoms with Gasteiger partial charge in [-0.2, -0.15) is 4.98 Å². The van der Waals surface area contributed by atoms with Crippen LogP contribution in [0, 0.1) is 0 Å². The third kappa shape index (κ3) is 6.46. The monoisotopic (exact) mass is 268 g/mol. The molecule has 4 N–H and O–H groups in total. The van der Waals surface area contributed by atoms with Gasteiger partial charge in [0.25, 0.3) is 0 Å². The molecule has 1 aromatic heterocycles. The summed E-state index contributed by atoms with van der Waals surface area (Å²) in [5, 5.41) is 2.58. The summed E-state index contributed by atoms with van der Waals surface area (Å²) >= 11 is 0. The van der Waals surface area contributed by atoms with Crippen LogP contribution in [0.4, 0.5) is 10.6 Å². The van der Waals surface area contributed by atoms with Crippen LogP contribution >= 0.6 is 0 Å². The van der Waals surface area contributed by atoms with Crippen molar-refractivity contribution >= 4 is 11.9 Å². The second kappa shape index (κ2) is 6.79. The zero-order chi connectivity index (χ0) is 14.3. The summed E-state index contributed by atoms with van der Waals surface area (Å²) in [6, 6.07) is 5.18. The first-order chi connectivity index (χ1) is 8.90. The summed E-state index contributed by atoms with van der Waals surface area (Å²) in [6.07, 6.45) is -0.471. The Morgan fingerprint density at radius 3 is 2.79 bits per heavy atom. The van der Waals surface area contributed by atoms with Crippen LogP contribution in [-0.4, -0.2) is 29.8 Å². The van der Waals surface area contributed by atoms with Gasteiger partial charge in [0.2, 0.25) is 5.88 Å². The first-order valence-electron chi connectivity index (χ1n) is 5.94. The lowest BCUT2D eigenvalue weighted by Crippen LogP contribution is -2.34. The molecule has 0 aliphatic rings. The molecule has 7 heteroatoms. The van der Waals surface area contributed by atoms with Gasteiger partial charge in [-0.1, -0.05) is 6.07 Å². The Hall–Kier alpha value is -2.02. The molecule has 1 aromatic rings. The standard InChI is InChI=1S/C12H20N4O3/c1-12(2,3)19-11(17)14-7-8-18-10-6-4-5-9(15-10)16-13/h4-6H,7-8,13H2,1-3H3,(H,14,17)(H,15,16). The van der Waals surface area contributed by atoms with Crippen molar-refractivity contribution in [1.29, 1.82) is 0 Å². The van der Waals surface area contributed by atoms with Gasteiger partial charge in [-0.3, -0.25) is 0 Å². The summed E-state index contributed by atoms with van der Waals surface area (Å²) in [6.45, 7) is 6.03. The van der Waals surface area contributed by atoms with Crippen molar-refractivity contribution in [3.8, 4) is 5.88 Å². The average molecular weight is 268 g/mol. The molecular formula is C12H20N4O3. The molecule has 1 rings (SSSR count). The number of ether oxygens (including phenoxy) is 2. The number of hydrogen-bond acceptors (Lipinski definition) is 6. The fourth-order valence-electron chi connectivity index (χ4n) is 1.20. The number of pyridine rings is 1. The molecule has 0 aromatic carbocycles. The van der Waals surface area contributed by atoms with E-state index in [1.54, 1.807) is 39.0 Å². The second-order valence-electron chi connectivity index (χ2n) is 4.78. The number of carbonyl (C=O) groups excluding carboxylic acids is 1. The van der Waals surface area contributed by atoms with Crippen LogP contribution in [0.3, 0.4) is 0 Å². The molecule has 0 aliphatic carbocycles. The molecule has 0 radical (unpaired) electrons. The van der Waals surface area contributed by atoms with E-state index in [1.165, 1.54) is 0 Å². The van der Waals surface area contributed by atoms with Gasteiger partial charge in [-0.25, -0.2) is 10.6 Å². The maximum Gasteiger partial charge on any atom is 0.407 e. The van der Waals surface area contributed by atoms with Crippen LogP contribution in [0.1, 0.15) is 20.8 Å². The Labute approximate surface area is 112 Å². The lowest BCUT2D eigenvalue weighted by molar-refractivity contribution is 0.0520. The number of alkyl carbamates (subject to hydrolysis) is 1. The maximum atomic E-state index is 11.3. The highest BCUT2D eigenvalue weighted by molar-refractivity contribution is 5.67. The third-order valence-electron chi connectivity index (χ3n) is 1.89. The van der Waals surface area contributed by atoms with E-state index in [4.69, 9.17) is 15.3 Å². The average Bonchev–Trinajstić information content (AvgIpc) is 2.33. The minimum atomic E-state index is -0.506. The zero-order valence-electron chi connectivity index (χ0n) is 11.4. The number of nitrogens with zero attached hydrogens (tertiary/aromatic N) is 1. The first-order valence-corrected chi connectivity index (χ1v) is 5.94. The quantitative estimate of drug-likeness (QED) is 0.422. The van der Waals surface area contributed by atoms with E-state index in [0.29, 0.717) is 24.8 Å². The van der Waals surface area contributed by atoms with Crippen LogP contribution in [0.2, 0.25) is 0 Å². The molecule has 106 valence electrons. The van der Waals surface area contributed by atoms with E-state index in [9.17, 15) is 4.79 Å². The van der Waals surface area contributed by atoms with Crippen molar-refractivity contribution < 1.29 is 14.3 Å². The van der Waals surface area contributed by atoms with Crippen LogP contribution < -0.4 is 21.3 Å². The van der Waals surface area contributed by atoms with Crippen molar-refractivity contribution in [2.24, 2.45) is 5.84 Å². The van der Waals surface area contributed by atoms with Gasteiger partial charge in [0.15, 0.2) is 0 Å². The molecule has 19 heavy (non-hydrogen) atoms. The molecule has 0 aliphatic heterocycles. The molecule has 1 amide bonds. The number of nitrogen functional groups attached to an aromatic ring is 1. The molecule has 0 bridgehead atoms. The van der Waals surface area contributed by atoms with E-state index in [0.717, 1.165) is 0 Å². The van der Waals surface area contributed by atoms with Crippen LogP contribution in [0.25, 0.3) is 0 Å². The van der Waals surface area contributed by atoms with Crippen LogP contribution in [0.15, 0.2) is 18.2 Å². The van der Waals surface area contributed by atoms with Crippen molar-refractivity contribution in [1.82, 2.24) is 10.3 Å². The van der Waals surface area contributed by atoms with Crippen molar-refractivity contribution in [2.75, 3.05) is 18.6 Å². The molecule has 1 heterocycles. The number of anilines is 1. The largest absolute Gasteiger partial charge is 0.476 e. The number of carbonyl (C=O) groups is 1. The van der Waals surface area contributed by atoms with E-state index in [1.807, 2.05) is 0 Å². The lowest BCUT2D eigenvalue weighted by atomic mass is 10.2. The number of hydrazine groups is 1. The fourth-order valence-corrected chi connectivity index (χ4v) is 1.20. The van der Waals surface area contributed by atoms with Gasteiger partial charge >= 0.3 is 6.09 Å². The predicted octanol–water partition coefficient (Wildman–Crippen LogP) is 1.27.